The van der Waals surface area contributed by atoms with Gasteiger partial charge in [0.05, 0.1) is 18.2 Å². The van der Waals surface area contributed by atoms with Crippen molar-refractivity contribution in [3.63, 3.8) is 0 Å². The standard InChI is InChI=1S/C26H28N4O4/c27-15-17-5-3-7-18(11-17)23-13-20(28-16-21-8-4-10-34-21)14-24(29-23)26(33)30-22-9-2-1-6-19(22)12-25(31)32/h1-3,5-7,9,11,13-14,21H,4,8,10,12,15-16,27H2,(H,28,29)(H,30,33)(H,31,32). The van der Waals surface area contributed by atoms with Gasteiger partial charge in [-0.15, -0.1) is 0 Å². The number of para-hydroxylation sites is 1. The molecule has 0 aliphatic carbocycles. The van der Waals surface area contributed by atoms with Crippen molar-refractivity contribution >= 4 is 23.3 Å². The number of carbonyl (C=O) groups excluding carboxylic acids is 1. The molecule has 1 aliphatic rings. The van der Waals surface area contributed by atoms with Crippen LogP contribution in [0.5, 0.6) is 0 Å². The van der Waals surface area contributed by atoms with Gasteiger partial charge >= 0.3 is 5.97 Å². The number of amides is 1. The van der Waals surface area contributed by atoms with Crippen LogP contribution in [0.3, 0.4) is 0 Å². The third-order valence-electron chi connectivity index (χ3n) is 5.68. The van der Waals surface area contributed by atoms with Crippen molar-refractivity contribution < 1.29 is 19.4 Å². The molecule has 0 bridgehead atoms. The number of rotatable bonds is 9. The lowest BCUT2D eigenvalue weighted by molar-refractivity contribution is -0.136. The summed E-state index contributed by atoms with van der Waals surface area (Å²) in [6.45, 7) is 1.80. The summed E-state index contributed by atoms with van der Waals surface area (Å²) in [5.41, 5.74) is 10.2. The Morgan fingerprint density at radius 1 is 1.12 bits per heavy atom. The largest absolute Gasteiger partial charge is 0.481 e. The number of nitrogens with two attached hydrogens (primary N) is 1. The number of nitrogens with one attached hydrogen (secondary N) is 2. The fourth-order valence-electron chi connectivity index (χ4n) is 3.94. The summed E-state index contributed by atoms with van der Waals surface area (Å²) in [6.07, 6.45) is 1.99. The Hall–Kier alpha value is -3.75. The maximum atomic E-state index is 13.2. The second kappa shape index (κ2) is 10.9. The van der Waals surface area contributed by atoms with Crippen molar-refractivity contribution in [2.45, 2.75) is 31.9 Å². The van der Waals surface area contributed by atoms with Crippen molar-refractivity contribution in [3.8, 4) is 11.3 Å². The van der Waals surface area contributed by atoms with E-state index in [1.807, 2.05) is 30.3 Å². The van der Waals surface area contributed by atoms with Crippen LogP contribution in [-0.2, 0) is 22.5 Å². The molecule has 5 N–H and O–H groups in total. The van der Waals surface area contributed by atoms with Crippen LogP contribution in [0.15, 0.2) is 60.7 Å². The molecule has 2 aromatic carbocycles. The molecule has 176 valence electrons. The monoisotopic (exact) mass is 460 g/mol. The number of benzene rings is 2. The minimum Gasteiger partial charge on any atom is -0.481 e. The van der Waals surface area contributed by atoms with E-state index in [2.05, 4.69) is 15.6 Å². The summed E-state index contributed by atoms with van der Waals surface area (Å²) in [4.78, 5) is 29.0. The molecule has 1 fully saturated rings. The predicted molar refractivity (Wildman–Crippen MR) is 131 cm³/mol. The Kier molecular flexibility index (Phi) is 7.51. The third-order valence-corrected chi connectivity index (χ3v) is 5.68. The molecule has 1 aliphatic heterocycles. The summed E-state index contributed by atoms with van der Waals surface area (Å²) < 4.78 is 5.70. The number of pyridine rings is 1. The molecular formula is C26H28N4O4. The van der Waals surface area contributed by atoms with Crippen molar-refractivity contribution in [2.24, 2.45) is 5.73 Å². The van der Waals surface area contributed by atoms with Crippen LogP contribution in [0, 0.1) is 0 Å². The van der Waals surface area contributed by atoms with Crippen molar-refractivity contribution in [1.82, 2.24) is 4.98 Å². The highest BCUT2D eigenvalue weighted by atomic mass is 16.5. The van der Waals surface area contributed by atoms with E-state index in [4.69, 9.17) is 10.5 Å². The van der Waals surface area contributed by atoms with Gasteiger partial charge < -0.3 is 26.2 Å². The maximum absolute atomic E-state index is 13.2. The lowest BCUT2D eigenvalue weighted by Crippen LogP contribution is -2.20. The van der Waals surface area contributed by atoms with Gasteiger partial charge in [0, 0.05) is 36.6 Å². The second-order valence-corrected chi connectivity index (χ2v) is 8.23. The lowest BCUT2D eigenvalue weighted by Gasteiger charge is -2.15. The molecule has 1 amide bonds. The molecule has 1 unspecified atom stereocenters. The molecule has 2 heterocycles. The molecule has 1 saturated heterocycles. The SMILES string of the molecule is NCc1cccc(-c2cc(NCC3CCCO3)cc(C(=O)Nc3ccccc3CC(=O)O)n2)c1. The highest BCUT2D eigenvalue weighted by Crippen LogP contribution is 2.25. The number of ether oxygens (including phenoxy) is 1. The molecule has 4 rings (SSSR count). The minimum atomic E-state index is -0.970. The van der Waals surface area contributed by atoms with Gasteiger partial charge in [0.15, 0.2) is 0 Å². The van der Waals surface area contributed by atoms with Crippen LogP contribution in [0.2, 0.25) is 0 Å². The molecule has 3 aromatic rings. The summed E-state index contributed by atoms with van der Waals surface area (Å²) in [5, 5.41) is 15.4. The van der Waals surface area contributed by atoms with Crippen molar-refractivity contribution in [1.29, 1.82) is 0 Å². The maximum Gasteiger partial charge on any atom is 0.307 e. The lowest BCUT2D eigenvalue weighted by atomic mass is 10.1. The molecule has 34 heavy (non-hydrogen) atoms. The minimum absolute atomic E-state index is 0.136. The fraction of sp³-hybridized carbons (Fsp3) is 0.269. The number of carbonyl (C=O) groups is 2. The normalized spacial score (nSPS) is 15.1. The predicted octanol–water partition coefficient (Wildman–Crippen LogP) is 3.68. The van der Waals surface area contributed by atoms with E-state index in [1.54, 1.807) is 30.3 Å². The van der Waals surface area contributed by atoms with Gasteiger partial charge in [-0.1, -0.05) is 36.4 Å². The van der Waals surface area contributed by atoms with Crippen LogP contribution in [0.4, 0.5) is 11.4 Å². The molecule has 0 radical (unpaired) electrons. The second-order valence-electron chi connectivity index (χ2n) is 8.23. The number of carboxylic acids is 1. The number of anilines is 2. The number of carboxylic acid groups (broad SMARTS) is 1. The Morgan fingerprint density at radius 2 is 1.97 bits per heavy atom. The van der Waals surface area contributed by atoms with E-state index in [-0.39, 0.29) is 18.2 Å². The molecular weight excluding hydrogens is 432 g/mol. The van der Waals surface area contributed by atoms with Crippen LogP contribution < -0.4 is 16.4 Å². The van der Waals surface area contributed by atoms with E-state index in [9.17, 15) is 14.7 Å². The first-order valence-corrected chi connectivity index (χ1v) is 11.3. The molecule has 0 spiro atoms. The zero-order valence-electron chi connectivity index (χ0n) is 18.8. The third kappa shape index (κ3) is 5.98. The zero-order valence-corrected chi connectivity index (χ0v) is 18.8. The highest BCUT2D eigenvalue weighted by molar-refractivity contribution is 6.04. The van der Waals surface area contributed by atoms with Crippen LogP contribution in [-0.4, -0.2) is 41.2 Å². The van der Waals surface area contributed by atoms with Gasteiger partial charge in [0.25, 0.3) is 5.91 Å². The Bertz CT molecular complexity index is 1170. The Balaban J connectivity index is 1.64. The zero-order chi connectivity index (χ0) is 23.9. The topological polar surface area (TPSA) is 127 Å². The summed E-state index contributed by atoms with van der Waals surface area (Å²) in [7, 11) is 0. The quantitative estimate of drug-likeness (QED) is 0.384. The Labute approximate surface area is 198 Å². The summed E-state index contributed by atoms with van der Waals surface area (Å²) >= 11 is 0. The van der Waals surface area contributed by atoms with Crippen molar-refractivity contribution in [3.05, 3.63) is 77.5 Å². The fourth-order valence-corrected chi connectivity index (χ4v) is 3.94. The summed E-state index contributed by atoms with van der Waals surface area (Å²) in [5.74, 6) is -1.39. The van der Waals surface area contributed by atoms with Crippen LogP contribution in [0.25, 0.3) is 11.3 Å². The number of hydrogen-bond donors (Lipinski definition) is 4. The van der Waals surface area contributed by atoms with Gasteiger partial charge in [-0.25, -0.2) is 4.98 Å². The number of aliphatic carboxylic acids is 1. The average Bonchev–Trinajstić information content (AvgIpc) is 3.37. The van der Waals surface area contributed by atoms with E-state index in [0.29, 0.717) is 30.0 Å². The Morgan fingerprint density at radius 3 is 2.74 bits per heavy atom. The molecule has 1 atom stereocenters. The van der Waals surface area contributed by atoms with Gasteiger partial charge in [0.2, 0.25) is 0 Å². The van der Waals surface area contributed by atoms with Crippen LogP contribution in [0.1, 0.15) is 34.5 Å². The van der Waals surface area contributed by atoms with Crippen molar-refractivity contribution in [2.75, 3.05) is 23.8 Å². The number of nitrogens with zero attached hydrogens (tertiary/aromatic N) is 1. The first-order valence-electron chi connectivity index (χ1n) is 11.3. The van der Waals surface area contributed by atoms with Gasteiger partial charge in [0.1, 0.15) is 5.69 Å². The number of aromatic nitrogens is 1. The van der Waals surface area contributed by atoms with Crippen LogP contribution >= 0.6 is 0 Å². The highest BCUT2D eigenvalue weighted by Gasteiger charge is 2.18. The average molecular weight is 461 g/mol. The molecule has 1 aromatic heterocycles. The van der Waals surface area contributed by atoms with Gasteiger partial charge in [-0.2, -0.15) is 0 Å². The molecule has 0 saturated carbocycles. The van der Waals surface area contributed by atoms with Gasteiger partial charge in [-0.3, -0.25) is 9.59 Å². The summed E-state index contributed by atoms with van der Waals surface area (Å²) in [6, 6.07) is 18.2. The van der Waals surface area contributed by atoms with E-state index in [0.717, 1.165) is 36.3 Å². The van der Waals surface area contributed by atoms with E-state index >= 15 is 0 Å². The van der Waals surface area contributed by atoms with Gasteiger partial charge in [-0.05, 0) is 48.2 Å². The first kappa shape index (κ1) is 23.4. The molecule has 8 heteroatoms. The van der Waals surface area contributed by atoms with E-state index < -0.39 is 11.9 Å². The smallest absolute Gasteiger partial charge is 0.307 e. The molecule has 8 nitrogen and oxygen atoms in total. The van der Waals surface area contributed by atoms with E-state index in [1.165, 1.54) is 0 Å². The number of hydrogen-bond acceptors (Lipinski definition) is 6. The first-order chi connectivity index (χ1) is 16.5.